The van der Waals surface area contributed by atoms with Crippen LogP contribution < -0.4 is 10.6 Å². The van der Waals surface area contributed by atoms with E-state index in [0.29, 0.717) is 17.8 Å². The van der Waals surface area contributed by atoms with Crippen molar-refractivity contribution in [3.63, 3.8) is 0 Å². The predicted molar refractivity (Wildman–Crippen MR) is 83.1 cm³/mol. The summed E-state index contributed by atoms with van der Waals surface area (Å²) >= 11 is 0. The van der Waals surface area contributed by atoms with E-state index in [1.54, 1.807) is 44.2 Å². The minimum atomic E-state index is -1.30. The van der Waals surface area contributed by atoms with Crippen molar-refractivity contribution in [2.75, 3.05) is 6.54 Å². The van der Waals surface area contributed by atoms with E-state index in [-0.39, 0.29) is 5.76 Å². The van der Waals surface area contributed by atoms with Crippen molar-refractivity contribution in [1.82, 2.24) is 15.8 Å². The highest BCUT2D eigenvalue weighted by Gasteiger charge is 2.28. The molecule has 3 amide bonds. The van der Waals surface area contributed by atoms with E-state index in [0.717, 1.165) is 0 Å². The lowest BCUT2D eigenvalue weighted by Gasteiger charge is -2.16. The van der Waals surface area contributed by atoms with Crippen LogP contribution in [0.15, 0.2) is 40.9 Å². The van der Waals surface area contributed by atoms with E-state index in [4.69, 9.17) is 9.26 Å². The number of hydrogen-bond acceptors (Lipinski definition) is 6. The van der Waals surface area contributed by atoms with E-state index in [1.165, 1.54) is 6.07 Å². The Kier molecular flexibility index (Phi) is 5.67. The van der Waals surface area contributed by atoms with Crippen molar-refractivity contribution in [3.05, 3.63) is 53.4 Å². The first-order chi connectivity index (χ1) is 11.5. The molecule has 1 aromatic heterocycles. The molecule has 0 fully saturated rings. The van der Waals surface area contributed by atoms with Gasteiger partial charge in [-0.15, -0.1) is 0 Å². The normalized spacial score (nSPS) is 11.4. The van der Waals surface area contributed by atoms with Gasteiger partial charge < -0.3 is 14.6 Å². The van der Waals surface area contributed by atoms with E-state index < -0.39 is 24.0 Å². The lowest BCUT2D eigenvalue weighted by atomic mass is 10.1. The zero-order valence-electron chi connectivity index (χ0n) is 13.2. The van der Waals surface area contributed by atoms with Crippen molar-refractivity contribution in [1.29, 1.82) is 0 Å². The van der Waals surface area contributed by atoms with Crippen LogP contribution in [0.25, 0.3) is 0 Å². The predicted octanol–water partition coefficient (Wildman–Crippen LogP) is 1.73. The number of imide groups is 1. The number of nitrogens with one attached hydrogen (secondary N) is 2. The van der Waals surface area contributed by atoms with Gasteiger partial charge in [-0.25, -0.2) is 9.59 Å². The molecule has 0 unspecified atom stereocenters. The van der Waals surface area contributed by atoms with Gasteiger partial charge in [-0.2, -0.15) is 0 Å². The van der Waals surface area contributed by atoms with Crippen molar-refractivity contribution in [2.45, 2.75) is 20.0 Å². The summed E-state index contributed by atoms with van der Waals surface area (Å²) in [4.78, 5) is 36.0. The van der Waals surface area contributed by atoms with Crippen LogP contribution in [0.1, 0.15) is 34.8 Å². The molecule has 1 atom stereocenters. The van der Waals surface area contributed by atoms with Crippen LogP contribution >= 0.6 is 0 Å². The Morgan fingerprint density at radius 2 is 1.96 bits per heavy atom. The fourth-order valence-electron chi connectivity index (χ4n) is 1.91. The maximum Gasteiger partial charge on any atom is 0.378 e. The molecular weight excluding hydrogens is 314 g/mol. The highest BCUT2D eigenvalue weighted by Crippen LogP contribution is 2.20. The third-order valence-corrected chi connectivity index (χ3v) is 2.97. The summed E-state index contributed by atoms with van der Waals surface area (Å²) in [6.45, 7) is 3.72. The summed E-state index contributed by atoms with van der Waals surface area (Å²) < 4.78 is 10.0. The molecule has 126 valence electrons. The monoisotopic (exact) mass is 331 g/mol. The summed E-state index contributed by atoms with van der Waals surface area (Å²) in [5.74, 6) is -1.74. The molecule has 8 heteroatoms. The number of amides is 3. The standard InChI is InChI=1S/C16H17N3O5/c1-3-17-16(22)18-14(20)13(11-7-5-4-6-8-11)23-15(21)12-9-10(2)19-24-12/h4-9,13H,3H2,1-2H3,(H2,17,18,20,22)/t13-/m0/s1. The van der Waals surface area contributed by atoms with Crippen LogP contribution in [0.2, 0.25) is 0 Å². The van der Waals surface area contributed by atoms with Gasteiger partial charge in [0.15, 0.2) is 0 Å². The Labute approximate surface area is 138 Å². The minimum absolute atomic E-state index is 0.126. The van der Waals surface area contributed by atoms with Gasteiger partial charge in [0.25, 0.3) is 5.91 Å². The molecule has 2 N–H and O–H groups in total. The molecule has 8 nitrogen and oxygen atoms in total. The quantitative estimate of drug-likeness (QED) is 0.807. The molecular formula is C16H17N3O5. The molecule has 0 aliphatic heterocycles. The van der Waals surface area contributed by atoms with Crippen LogP contribution in [-0.2, 0) is 9.53 Å². The minimum Gasteiger partial charge on any atom is -0.441 e. The maximum absolute atomic E-state index is 12.3. The van der Waals surface area contributed by atoms with Gasteiger partial charge in [0.2, 0.25) is 11.9 Å². The molecule has 0 radical (unpaired) electrons. The SMILES string of the molecule is CCNC(=O)NC(=O)[C@@H](OC(=O)c1cc(C)no1)c1ccccc1. The fraction of sp³-hybridized carbons (Fsp3) is 0.250. The molecule has 0 saturated heterocycles. The van der Waals surface area contributed by atoms with Crippen molar-refractivity contribution < 1.29 is 23.6 Å². The summed E-state index contributed by atoms with van der Waals surface area (Å²) in [6.07, 6.45) is -1.30. The smallest absolute Gasteiger partial charge is 0.378 e. The first kappa shape index (κ1) is 17.2. The molecule has 0 aliphatic rings. The molecule has 24 heavy (non-hydrogen) atoms. The molecule has 0 spiro atoms. The van der Waals surface area contributed by atoms with Gasteiger partial charge in [-0.05, 0) is 13.8 Å². The summed E-state index contributed by atoms with van der Waals surface area (Å²) in [7, 11) is 0. The van der Waals surface area contributed by atoms with Gasteiger partial charge in [-0.3, -0.25) is 10.1 Å². The molecule has 2 aromatic rings. The molecule has 0 aliphatic carbocycles. The number of aromatic nitrogens is 1. The second-order valence-electron chi connectivity index (χ2n) is 4.88. The number of carbonyl (C=O) groups is 3. The molecule has 2 rings (SSSR count). The van der Waals surface area contributed by atoms with Crippen molar-refractivity contribution >= 4 is 17.9 Å². The zero-order valence-corrected chi connectivity index (χ0v) is 13.2. The Hall–Kier alpha value is -3.16. The van der Waals surface area contributed by atoms with E-state index in [2.05, 4.69) is 15.8 Å². The lowest BCUT2D eigenvalue weighted by molar-refractivity contribution is -0.129. The number of benzene rings is 1. The second kappa shape index (κ2) is 7.91. The van der Waals surface area contributed by atoms with Crippen LogP contribution in [-0.4, -0.2) is 29.6 Å². The number of urea groups is 1. The Bertz CT molecular complexity index is 726. The number of nitrogens with zero attached hydrogens (tertiary/aromatic N) is 1. The zero-order chi connectivity index (χ0) is 17.5. The third kappa shape index (κ3) is 4.42. The second-order valence-corrected chi connectivity index (χ2v) is 4.88. The molecule has 0 bridgehead atoms. The van der Waals surface area contributed by atoms with Crippen LogP contribution in [0.4, 0.5) is 4.79 Å². The maximum atomic E-state index is 12.3. The molecule has 1 aromatic carbocycles. The third-order valence-electron chi connectivity index (χ3n) is 2.97. The highest BCUT2D eigenvalue weighted by atomic mass is 16.6. The fourth-order valence-corrected chi connectivity index (χ4v) is 1.91. The first-order valence-electron chi connectivity index (χ1n) is 7.29. The van der Waals surface area contributed by atoms with Gasteiger partial charge in [-0.1, -0.05) is 35.5 Å². The largest absolute Gasteiger partial charge is 0.441 e. The lowest BCUT2D eigenvalue weighted by Crippen LogP contribution is -2.42. The first-order valence-corrected chi connectivity index (χ1v) is 7.29. The average Bonchev–Trinajstić information content (AvgIpc) is 3.00. The van der Waals surface area contributed by atoms with Gasteiger partial charge in [0.05, 0.1) is 5.69 Å². The molecule has 1 heterocycles. The number of ether oxygens (including phenoxy) is 1. The molecule has 0 saturated carbocycles. The number of esters is 1. The van der Waals surface area contributed by atoms with Crippen LogP contribution in [0.3, 0.4) is 0 Å². The Balaban J connectivity index is 2.18. The van der Waals surface area contributed by atoms with E-state index in [9.17, 15) is 14.4 Å². The highest BCUT2D eigenvalue weighted by molar-refractivity contribution is 5.98. The topological polar surface area (TPSA) is 111 Å². The number of aryl methyl sites for hydroxylation is 1. The number of hydrogen-bond donors (Lipinski definition) is 2. The number of rotatable bonds is 5. The Morgan fingerprint density at radius 1 is 1.25 bits per heavy atom. The average molecular weight is 331 g/mol. The van der Waals surface area contributed by atoms with Crippen molar-refractivity contribution in [3.8, 4) is 0 Å². The van der Waals surface area contributed by atoms with E-state index >= 15 is 0 Å². The van der Waals surface area contributed by atoms with Gasteiger partial charge in [0.1, 0.15) is 0 Å². The van der Waals surface area contributed by atoms with Crippen molar-refractivity contribution in [2.24, 2.45) is 0 Å². The van der Waals surface area contributed by atoms with Gasteiger partial charge in [0, 0.05) is 18.2 Å². The summed E-state index contributed by atoms with van der Waals surface area (Å²) in [5.41, 5.74) is 0.925. The summed E-state index contributed by atoms with van der Waals surface area (Å²) in [6, 6.07) is 9.08. The van der Waals surface area contributed by atoms with Crippen LogP contribution in [0.5, 0.6) is 0 Å². The number of carbonyl (C=O) groups excluding carboxylic acids is 3. The summed E-state index contributed by atoms with van der Waals surface area (Å²) in [5, 5.41) is 8.16. The van der Waals surface area contributed by atoms with Gasteiger partial charge >= 0.3 is 12.0 Å². The van der Waals surface area contributed by atoms with E-state index in [1.807, 2.05) is 0 Å². The van der Waals surface area contributed by atoms with Crippen LogP contribution in [0, 0.1) is 6.92 Å². The Morgan fingerprint density at radius 3 is 2.54 bits per heavy atom.